The van der Waals surface area contributed by atoms with Crippen molar-refractivity contribution in [3.8, 4) is 0 Å². The van der Waals surface area contributed by atoms with E-state index in [0.717, 1.165) is 31.1 Å². The van der Waals surface area contributed by atoms with Crippen molar-refractivity contribution in [3.63, 3.8) is 0 Å². The van der Waals surface area contributed by atoms with Gasteiger partial charge >= 0.3 is 0 Å². The average molecular weight is 415 g/mol. The van der Waals surface area contributed by atoms with E-state index in [2.05, 4.69) is 32.9 Å². The lowest BCUT2D eigenvalue weighted by Gasteiger charge is -2.54. The number of hydrogen-bond acceptors (Lipinski definition) is 3. The molecule has 30 heavy (non-hydrogen) atoms. The van der Waals surface area contributed by atoms with Crippen molar-refractivity contribution in [3.05, 3.63) is 23.3 Å². The van der Waals surface area contributed by atoms with Crippen LogP contribution in [-0.4, -0.2) is 34.1 Å². The van der Waals surface area contributed by atoms with Gasteiger partial charge in [0, 0.05) is 5.41 Å². The monoisotopic (exact) mass is 414 g/mol. The van der Waals surface area contributed by atoms with Crippen LogP contribution < -0.4 is 0 Å². The van der Waals surface area contributed by atoms with Crippen molar-refractivity contribution in [2.75, 3.05) is 0 Å². The second-order valence-electron chi connectivity index (χ2n) is 12.4. The van der Waals surface area contributed by atoms with E-state index in [1.807, 2.05) is 13.8 Å². The molecule has 0 aromatic carbocycles. The molecule has 0 aromatic rings. The molecule has 2 unspecified atom stereocenters. The van der Waals surface area contributed by atoms with Crippen LogP contribution in [0.2, 0.25) is 0 Å². The van der Waals surface area contributed by atoms with Gasteiger partial charge in [-0.2, -0.15) is 0 Å². The molecule has 4 fully saturated rings. The van der Waals surface area contributed by atoms with Gasteiger partial charge in [-0.15, -0.1) is 0 Å². The molecule has 3 nitrogen and oxygen atoms in total. The Kier molecular flexibility index (Phi) is 4.90. The average Bonchev–Trinajstić information content (AvgIpc) is 3.39. The summed E-state index contributed by atoms with van der Waals surface area (Å²) in [6.45, 7) is 11.3. The van der Waals surface area contributed by atoms with Crippen LogP contribution in [0.5, 0.6) is 0 Å². The number of allylic oxidation sites excluding steroid dienone is 3. The third-order valence-electron chi connectivity index (χ3n) is 10.1. The Balaban J connectivity index is 1.35. The summed E-state index contributed by atoms with van der Waals surface area (Å²) >= 11 is 0. The minimum absolute atomic E-state index is 0.0759. The van der Waals surface area contributed by atoms with Gasteiger partial charge in [-0.1, -0.05) is 56.9 Å². The Bertz CT molecular complexity index is 761. The number of ether oxygens (including phenoxy) is 1. The fraction of sp³-hybridized carbons (Fsp3) is 0.852. The standard InChI is InChI=1S/C27H42O3/c1-16(7-6-13-25(2,3)29)19-10-11-20-18-9-8-17-15-22(28)23-24(30-23)27(17,5)21(18)12-14-26(19,20)4/h8-9,16,19-24,28-29H,6-7,10-15H2,1-5H3/t16-,19-,20?,21?,22-,23+,24+,26-,27+/m1/s1. The van der Waals surface area contributed by atoms with E-state index in [1.165, 1.54) is 37.7 Å². The van der Waals surface area contributed by atoms with Crippen LogP contribution in [0.1, 0.15) is 86.0 Å². The third-order valence-corrected chi connectivity index (χ3v) is 10.1. The van der Waals surface area contributed by atoms with E-state index in [4.69, 9.17) is 4.74 Å². The molecule has 5 rings (SSSR count). The number of epoxide rings is 1. The molecule has 3 saturated carbocycles. The van der Waals surface area contributed by atoms with Crippen LogP contribution >= 0.6 is 0 Å². The molecule has 0 bridgehead atoms. The van der Waals surface area contributed by atoms with Gasteiger partial charge in [0.15, 0.2) is 0 Å². The highest BCUT2D eigenvalue weighted by molar-refractivity contribution is 5.42. The van der Waals surface area contributed by atoms with Gasteiger partial charge in [0.1, 0.15) is 6.10 Å². The number of rotatable bonds is 5. The minimum Gasteiger partial charge on any atom is -0.390 e. The highest BCUT2D eigenvalue weighted by Crippen LogP contribution is 2.68. The lowest BCUT2D eigenvalue weighted by atomic mass is 9.50. The SMILES string of the molecule is C[C@H](CCCC(C)(C)O)[C@H]1CCC2C3=CC=C4C[C@@H](O)[C@@H]5O[C@@H]5[C@]4(C)C3CC[C@@]21C. The molecule has 2 N–H and O–H groups in total. The maximum Gasteiger partial charge on any atom is 0.111 e. The van der Waals surface area contributed by atoms with Crippen LogP contribution in [-0.2, 0) is 4.74 Å². The Morgan fingerprint density at radius 1 is 1.17 bits per heavy atom. The lowest BCUT2D eigenvalue weighted by Crippen LogP contribution is -2.49. The highest BCUT2D eigenvalue weighted by atomic mass is 16.6. The Morgan fingerprint density at radius 2 is 1.93 bits per heavy atom. The summed E-state index contributed by atoms with van der Waals surface area (Å²) in [4.78, 5) is 0. The zero-order valence-electron chi connectivity index (χ0n) is 19.7. The topological polar surface area (TPSA) is 53.0 Å². The fourth-order valence-electron chi connectivity index (χ4n) is 8.42. The molecular weight excluding hydrogens is 372 g/mol. The highest BCUT2D eigenvalue weighted by Gasteiger charge is 2.66. The quantitative estimate of drug-likeness (QED) is 0.591. The molecule has 1 aliphatic heterocycles. The maximum absolute atomic E-state index is 10.4. The van der Waals surface area contributed by atoms with Crippen molar-refractivity contribution in [2.24, 2.45) is 34.5 Å². The van der Waals surface area contributed by atoms with Crippen LogP contribution in [0.4, 0.5) is 0 Å². The van der Waals surface area contributed by atoms with Crippen LogP contribution in [0, 0.1) is 34.5 Å². The van der Waals surface area contributed by atoms with Gasteiger partial charge in [0.05, 0.1) is 17.8 Å². The van der Waals surface area contributed by atoms with E-state index in [9.17, 15) is 10.2 Å². The molecule has 4 aliphatic carbocycles. The van der Waals surface area contributed by atoms with Crippen molar-refractivity contribution in [2.45, 2.75) is 110 Å². The van der Waals surface area contributed by atoms with Gasteiger partial charge in [-0.25, -0.2) is 0 Å². The smallest absolute Gasteiger partial charge is 0.111 e. The molecule has 3 heteroatoms. The third kappa shape index (κ3) is 3.10. The van der Waals surface area contributed by atoms with Gasteiger partial charge in [0.2, 0.25) is 0 Å². The van der Waals surface area contributed by atoms with Crippen LogP contribution in [0.15, 0.2) is 23.3 Å². The number of hydrogen-bond donors (Lipinski definition) is 2. The van der Waals surface area contributed by atoms with Crippen molar-refractivity contribution >= 4 is 0 Å². The zero-order chi connectivity index (χ0) is 21.5. The predicted octanol–water partition coefficient (Wildman–Crippen LogP) is 5.41. The number of aliphatic hydroxyl groups excluding tert-OH is 1. The Hall–Kier alpha value is -0.640. The second-order valence-corrected chi connectivity index (χ2v) is 12.4. The Labute approximate surface area is 183 Å². The minimum atomic E-state index is -0.539. The predicted molar refractivity (Wildman–Crippen MR) is 120 cm³/mol. The molecular formula is C27H42O3. The van der Waals surface area contributed by atoms with Crippen molar-refractivity contribution < 1.29 is 14.9 Å². The fourth-order valence-corrected chi connectivity index (χ4v) is 8.42. The van der Waals surface area contributed by atoms with Crippen molar-refractivity contribution in [1.29, 1.82) is 0 Å². The molecule has 0 spiro atoms. The molecule has 0 amide bonds. The number of fused-ring (bicyclic) bond motifs is 7. The summed E-state index contributed by atoms with van der Waals surface area (Å²) in [5, 5.41) is 20.5. The summed E-state index contributed by atoms with van der Waals surface area (Å²) in [6.07, 6.45) is 14.1. The molecule has 5 aliphatic rings. The number of aliphatic hydroxyl groups is 2. The van der Waals surface area contributed by atoms with Gasteiger partial charge in [-0.05, 0) is 81.5 Å². The van der Waals surface area contributed by atoms with Gasteiger partial charge in [-0.3, -0.25) is 0 Å². The summed E-state index contributed by atoms with van der Waals surface area (Å²) < 4.78 is 6.04. The molecule has 168 valence electrons. The first kappa shape index (κ1) is 21.2. The molecule has 0 aromatic heterocycles. The van der Waals surface area contributed by atoms with E-state index in [0.29, 0.717) is 17.3 Å². The molecule has 9 atom stereocenters. The Morgan fingerprint density at radius 3 is 2.67 bits per heavy atom. The van der Waals surface area contributed by atoms with Gasteiger partial charge < -0.3 is 14.9 Å². The molecule has 1 saturated heterocycles. The summed E-state index contributed by atoms with van der Waals surface area (Å²) in [5.41, 5.74) is 3.11. The van der Waals surface area contributed by atoms with Crippen LogP contribution in [0.3, 0.4) is 0 Å². The van der Waals surface area contributed by atoms with E-state index < -0.39 is 5.60 Å². The normalized spacial score (nSPS) is 48.0. The summed E-state index contributed by atoms with van der Waals surface area (Å²) in [6, 6.07) is 0. The van der Waals surface area contributed by atoms with E-state index in [-0.39, 0.29) is 23.7 Å². The summed E-state index contributed by atoms with van der Waals surface area (Å²) in [7, 11) is 0. The van der Waals surface area contributed by atoms with Crippen LogP contribution in [0.25, 0.3) is 0 Å². The second kappa shape index (κ2) is 6.93. The van der Waals surface area contributed by atoms with E-state index in [1.54, 1.807) is 5.57 Å². The largest absolute Gasteiger partial charge is 0.390 e. The zero-order valence-corrected chi connectivity index (χ0v) is 19.7. The van der Waals surface area contributed by atoms with E-state index >= 15 is 0 Å². The summed E-state index contributed by atoms with van der Waals surface area (Å²) in [5.74, 6) is 2.83. The molecule has 0 radical (unpaired) electrons. The first-order chi connectivity index (χ1) is 14.1. The molecule has 1 heterocycles. The first-order valence-corrected chi connectivity index (χ1v) is 12.5. The van der Waals surface area contributed by atoms with Crippen molar-refractivity contribution in [1.82, 2.24) is 0 Å². The first-order valence-electron chi connectivity index (χ1n) is 12.5. The van der Waals surface area contributed by atoms with Gasteiger partial charge in [0.25, 0.3) is 0 Å². The maximum atomic E-state index is 10.4. The lowest BCUT2D eigenvalue weighted by molar-refractivity contribution is 0.0367.